The Balaban J connectivity index is 1.89. The third-order valence-electron chi connectivity index (χ3n) is 4.27. The molecule has 5 heteroatoms. The molecule has 2 heterocycles. The van der Waals surface area contributed by atoms with Crippen LogP contribution >= 0.6 is 0 Å². The van der Waals surface area contributed by atoms with E-state index in [0.29, 0.717) is 30.3 Å². The van der Waals surface area contributed by atoms with Crippen LogP contribution in [-0.4, -0.2) is 41.8 Å². The second kappa shape index (κ2) is 5.83. The number of benzene rings is 1. The number of nitrogens with zero attached hydrogens (tertiary/aromatic N) is 1. The number of methoxy groups -OCH3 is 1. The van der Waals surface area contributed by atoms with Gasteiger partial charge in [-0.3, -0.25) is 9.59 Å². The van der Waals surface area contributed by atoms with Crippen LogP contribution in [0, 0.1) is 5.92 Å². The SMILES string of the molecule is COc1ccc2[nH]cc(C(=O)C(=O)N3CCCC(C)C3)c2c1. The smallest absolute Gasteiger partial charge is 0.295 e. The lowest BCUT2D eigenvalue weighted by atomic mass is 9.99. The number of aromatic nitrogens is 1. The van der Waals surface area contributed by atoms with Crippen molar-refractivity contribution in [1.82, 2.24) is 9.88 Å². The second-order valence-corrected chi connectivity index (χ2v) is 5.94. The highest BCUT2D eigenvalue weighted by molar-refractivity contribution is 6.44. The third-order valence-corrected chi connectivity index (χ3v) is 4.27. The highest BCUT2D eigenvalue weighted by Crippen LogP contribution is 2.25. The van der Waals surface area contributed by atoms with Crippen molar-refractivity contribution >= 4 is 22.6 Å². The Morgan fingerprint density at radius 1 is 1.36 bits per heavy atom. The molecule has 1 N–H and O–H groups in total. The fourth-order valence-electron chi connectivity index (χ4n) is 3.05. The van der Waals surface area contributed by atoms with Crippen LogP contribution in [0.5, 0.6) is 5.75 Å². The zero-order valence-corrected chi connectivity index (χ0v) is 12.9. The molecule has 5 nitrogen and oxygen atoms in total. The average Bonchev–Trinajstić information content (AvgIpc) is 2.96. The number of fused-ring (bicyclic) bond motifs is 1. The van der Waals surface area contributed by atoms with Gasteiger partial charge in [0.2, 0.25) is 0 Å². The lowest BCUT2D eigenvalue weighted by molar-refractivity contribution is -0.128. The quantitative estimate of drug-likeness (QED) is 0.700. The third kappa shape index (κ3) is 2.58. The highest BCUT2D eigenvalue weighted by atomic mass is 16.5. The lowest BCUT2D eigenvalue weighted by Gasteiger charge is -2.30. The van der Waals surface area contributed by atoms with E-state index in [2.05, 4.69) is 11.9 Å². The minimum atomic E-state index is -0.450. The van der Waals surface area contributed by atoms with E-state index in [1.807, 2.05) is 12.1 Å². The highest BCUT2D eigenvalue weighted by Gasteiger charge is 2.28. The Morgan fingerprint density at radius 2 is 2.18 bits per heavy atom. The first-order valence-corrected chi connectivity index (χ1v) is 7.59. The molecule has 22 heavy (non-hydrogen) atoms. The largest absolute Gasteiger partial charge is 0.497 e. The summed E-state index contributed by atoms with van der Waals surface area (Å²) in [6, 6.07) is 5.45. The van der Waals surface area contributed by atoms with Crippen LogP contribution in [0.1, 0.15) is 30.1 Å². The molecule has 0 radical (unpaired) electrons. The monoisotopic (exact) mass is 300 g/mol. The molecule has 1 saturated heterocycles. The van der Waals surface area contributed by atoms with Gasteiger partial charge in [0.1, 0.15) is 5.75 Å². The van der Waals surface area contributed by atoms with Gasteiger partial charge in [0, 0.05) is 30.2 Å². The first-order valence-electron chi connectivity index (χ1n) is 7.59. The van der Waals surface area contributed by atoms with Gasteiger partial charge in [0.15, 0.2) is 0 Å². The summed E-state index contributed by atoms with van der Waals surface area (Å²) >= 11 is 0. The van der Waals surface area contributed by atoms with Crippen molar-refractivity contribution in [1.29, 1.82) is 0 Å². The van der Waals surface area contributed by atoms with Gasteiger partial charge < -0.3 is 14.6 Å². The molecule has 1 aromatic carbocycles. The van der Waals surface area contributed by atoms with Gasteiger partial charge in [-0.2, -0.15) is 0 Å². The van der Waals surface area contributed by atoms with Crippen molar-refractivity contribution in [2.75, 3.05) is 20.2 Å². The predicted molar refractivity (Wildman–Crippen MR) is 84.2 cm³/mol. The Morgan fingerprint density at radius 3 is 2.91 bits per heavy atom. The van der Waals surface area contributed by atoms with Crippen LogP contribution in [0.25, 0.3) is 10.9 Å². The molecule has 1 atom stereocenters. The van der Waals surface area contributed by atoms with E-state index < -0.39 is 11.7 Å². The van der Waals surface area contributed by atoms with E-state index in [1.165, 1.54) is 0 Å². The zero-order chi connectivity index (χ0) is 15.7. The topological polar surface area (TPSA) is 62.4 Å². The molecule has 1 amide bonds. The van der Waals surface area contributed by atoms with Gasteiger partial charge in [-0.15, -0.1) is 0 Å². The predicted octanol–water partition coefficient (Wildman–Crippen LogP) is 2.62. The number of nitrogens with one attached hydrogen (secondary N) is 1. The number of hydrogen-bond acceptors (Lipinski definition) is 3. The van der Waals surface area contributed by atoms with Gasteiger partial charge in [0.05, 0.1) is 12.7 Å². The standard InChI is InChI=1S/C17H20N2O3/c1-11-4-3-7-19(10-11)17(21)16(20)14-9-18-15-6-5-12(22-2)8-13(14)15/h5-6,8-9,11,18H,3-4,7,10H2,1-2H3. The minimum Gasteiger partial charge on any atom is -0.497 e. The number of aromatic amines is 1. The normalized spacial score (nSPS) is 18.5. The van der Waals surface area contributed by atoms with E-state index in [-0.39, 0.29) is 0 Å². The first kappa shape index (κ1) is 14.6. The average molecular weight is 300 g/mol. The lowest BCUT2D eigenvalue weighted by Crippen LogP contribution is -2.42. The van der Waals surface area contributed by atoms with Gasteiger partial charge in [-0.1, -0.05) is 6.92 Å². The molecular formula is C17H20N2O3. The first-order chi connectivity index (χ1) is 10.6. The summed E-state index contributed by atoms with van der Waals surface area (Å²) in [5.74, 6) is 0.262. The maximum atomic E-state index is 12.6. The molecular weight excluding hydrogens is 280 g/mol. The molecule has 1 aromatic heterocycles. The molecule has 0 saturated carbocycles. The van der Waals surface area contributed by atoms with Crippen LogP contribution in [0.3, 0.4) is 0 Å². The van der Waals surface area contributed by atoms with E-state index in [0.717, 1.165) is 23.7 Å². The summed E-state index contributed by atoms with van der Waals surface area (Å²) in [4.78, 5) is 29.8. The number of rotatable bonds is 3. The molecule has 1 unspecified atom stereocenters. The number of hydrogen-bond donors (Lipinski definition) is 1. The number of carbonyl (C=O) groups excluding carboxylic acids is 2. The van der Waals surface area contributed by atoms with Crippen molar-refractivity contribution in [2.24, 2.45) is 5.92 Å². The summed E-state index contributed by atoms with van der Waals surface area (Å²) in [7, 11) is 1.58. The number of ether oxygens (including phenoxy) is 1. The summed E-state index contributed by atoms with van der Waals surface area (Å²) in [5, 5.41) is 0.725. The number of piperidine rings is 1. The Bertz CT molecular complexity index is 720. The Labute approximate surface area is 129 Å². The molecule has 1 aliphatic rings. The van der Waals surface area contributed by atoms with E-state index in [9.17, 15) is 9.59 Å². The Hall–Kier alpha value is -2.30. The second-order valence-electron chi connectivity index (χ2n) is 5.94. The molecule has 0 spiro atoms. The summed E-state index contributed by atoms with van der Waals surface area (Å²) in [6.07, 6.45) is 3.68. The van der Waals surface area contributed by atoms with Gasteiger partial charge in [-0.25, -0.2) is 0 Å². The van der Waals surface area contributed by atoms with Crippen molar-refractivity contribution in [3.05, 3.63) is 30.0 Å². The molecule has 0 aliphatic carbocycles. The number of Topliss-reactive ketones (excluding diaryl/α,β-unsaturated/α-hetero) is 1. The number of carbonyl (C=O) groups is 2. The zero-order valence-electron chi connectivity index (χ0n) is 12.9. The van der Waals surface area contributed by atoms with Crippen molar-refractivity contribution in [3.8, 4) is 5.75 Å². The van der Waals surface area contributed by atoms with Crippen LogP contribution in [0.2, 0.25) is 0 Å². The summed E-state index contributed by atoms with van der Waals surface area (Å²) < 4.78 is 5.20. The van der Waals surface area contributed by atoms with Crippen molar-refractivity contribution < 1.29 is 14.3 Å². The number of likely N-dealkylation sites (tertiary alicyclic amines) is 1. The van der Waals surface area contributed by atoms with Crippen LogP contribution < -0.4 is 4.74 Å². The van der Waals surface area contributed by atoms with E-state index in [4.69, 9.17) is 4.74 Å². The molecule has 116 valence electrons. The summed E-state index contributed by atoms with van der Waals surface area (Å²) in [6.45, 7) is 3.44. The fourth-order valence-corrected chi connectivity index (χ4v) is 3.05. The Kier molecular flexibility index (Phi) is 3.88. The maximum Gasteiger partial charge on any atom is 0.295 e. The minimum absolute atomic E-state index is 0.407. The van der Waals surface area contributed by atoms with Gasteiger partial charge in [0.25, 0.3) is 11.7 Å². The molecule has 2 aromatic rings. The number of H-pyrrole nitrogens is 1. The summed E-state index contributed by atoms with van der Waals surface area (Å²) in [5.41, 5.74) is 1.24. The molecule has 3 rings (SSSR count). The van der Waals surface area contributed by atoms with Crippen molar-refractivity contribution in [2.45, 2.75) is 19.8 Å². The van der Waals surface area contributed by atoms with E-state index >= 15 is 0 Å². The van der Waals surface area contributed by atoms with Gasteiger partial charge in [-0.05, 0) is 37.0 Å². The molecule has 0 bridgehead atoms. The van der Waals surface area contributed by atoms with Crippen LogP contribution in [0.15, 0.2) is 24.4 Å². The molecule has 1 aliphatic heterocycles. The number of amides is 1. The van der Waals surface area contributed by atoms with Gasteiger partial charge >= 0.3 is 0 Å². The van der Waals surface area contributed by atoms with Crippen LogP contribution in [0.4, 0.5) is 0 Å². The van der Waals surface area contributed by atoms with E-state index in [1.54, 1.807) is 24.3 Å². The van der Waals surface area contributed by atoms with Crippen LogP contribution in [-0.2, 0) is 4.79 Å². The van der Waals surface area contributed by atoms with Crippen molar-refractivity contribution in [3.63, 3.8) is 0 Å². The fraction of sp³-hybridized carbons (Fsp3) is 0.412. The number of ketones is 1. The maximum absolute atomic E-state index is 12.6. The molecule has 1 fully saturated rings.